The van der Waals surface area contributed by atoms with Gasteiger partial charge >= 0.3 is 0 Å². The van der Waals surface area contributed by atoms with Crippen LogP contribution in [0.2, 0.25) is 10.0 Å². The van der Waals surface area contributed by atoms with E-state index in [2.05, 4.69) is 10.6 Å². The van der Waals surface area contributed by atoms with Crippen molar-refractivity contribution in [2.45, 2.75) is 13.0 Å². The van der Waals surface area contributed by atoms with Crippen molar-refractivity contribution in [1.82, 2.24) is 5.32 Å². The number of benzene rings is 2. The van der Waals surface area contributed by atoms with Gasteiger partial charge in [0.05, 0.1) is 7.11 Å². The predicted octanol–water partition coefficient (Wildman–Crippen LogP) is 3.65. The fourth-order valence-corrected chi connectivity index (χ4v) is 2.61. The molecule has 0 aliphatic heterocycles. The van der Waals surface area contributed by atoms with Crippen molar-refractivity contribution < 1.29 is 14.3 Å². The molecule has 0 atom stereocenters. The summed E-state index contributed by atoms with van der Waals surface area (Å²) in [6, 6.07) is 12.0. The second-order valence-electron chi connectivity index (χ2n) is 4.97. The summed E-state index contributed by atoms with van der Waals surface area (Å²) in [5.41, 5.74) is 1.27. The summed E-state index contributed by atoms with van der Waals surface area (Å²) in [7, 11) is 1.56. The Morgan fingerprint density at radius 1 is 1.04 bits per heavy atom. The van der Waals surface area contributed by atoms with E-state index in [0.717, 1.165) is 5.56 Å². The van der Waals surface area contributed by atoms with Gasteiger partial charge in [0.1, 0.15) is 12.2 Å². The Morgan fingerprint density at radius 2 is 1.71 bits per heavy atom. The number of amides is 2. The Hall–Kier alpha value is -2.24. The molecule has 0 spiro atoms. The van der Waals surface area contributed by atoms with E-state index < -0.39 is 11.8 Å². The van der Waals surface area contributed by atoms with Crippen LogP contribution in [0, 0.1) is 0 Å². The van der Waals surface area contributed by atoms with Crippen molar-refractivity contribution in [3.8, 4) is 5.75 Å². The van der Waals surface area contributed by atoms with E-state index in [1.807, 2.05) is 18.2 Å². The number of rotatable bonds is 6. The predicted molar refractivity (Wildman–Crippen MR) is 94.5 cm³/mol. The fraction of sp³-hybridized carbons (Fsp3) is 0.176. The lowest BCUT2D eigenvalue weighted by Crippen LogP contribution is -2.27. The van der Waals surface area contributed by atoms with E-state index in [9.17, 15) is 9.59 Å². The van der Waals surface area contributed by atoms with Gasteiger partial charge in [-0.2, -0.15) is 0 Å². The third-order valence-electron chi connectivity index (χ3n) is 3.14. The molecule has 2 aromatic carbocycles. The molecule has 0 fully saturated rings. The molecule has 5 nitrogen and oxygen atoms in total. The van der Waals surface area contributed by atoms with Gasteiger partial charge in [0.2, 0.25) is 11.8 Å². The lowest BCUT2D eigenvalue weighted by Gasteiger charge is -2.10. The zero-order chi connectivity index (χ0) is 17.5. The summed E-state index contributed by atoms with van der Waals surface area (Å²) < 4.78 is 5.20. The molecule has 0 heterocycles. The maximum atomic E-state index is 11.9. The second-order valence-corrected chi connectivity index (χ2v) is 5.84. The SMILES string of the molecule is COc1ccccc1CNC(=O)CC(=O)Nc1cc(Cl)cc(Cl)c1. The molecule has 126 valence electrons. The Morgan fingerprint density at radius 3 is 2.38 bits per heavy atom. The first-order valence-corrected chi connectivity index (χ1v) is 7.88. The molecule has 0 saturated heterocycles. The van der Waals surface area contributed by atoms with Crippen LogP contribution in [-0.2, 0) is 16.1 Å². The molecule has 24 heavy (non-hydrogen) atoms. The first kappa shape index (κ1) is 18.1. The Labute approximate surface area is 149 Å². The standard InChI is InChI=1S/C17H16Cl2N2O3/c1-24-15-5-3-2-4-11(15)10-20-16(22)9-17(23)21-14-7-12(18)6-13(19)8-14/h2-8H,9-10H2,1H3,(H,20,22)(H,21,23). The Bertz CT molecular complexity index is 730. The van der Waals surface area contributed by atoms with E-state index in [1.165, 1.54) is 0 Å². The molecule has 2 N–H and O–H groups in total. The summed E-state index contributed by atoms with van der Waals surface area (Å²) in [5, 5.41) is 6.07. The minimum atomic E-state index is -0.453. The molecule has 2 aromatic rings. The van der Waals surface area contributed by atoms with Crippen LogP contribution in [0.1, 0.15) is 12.0 Å². The van der Waals surface area contributed by atoms with Crippen molar-refractivity contribution in [2.24, 2.45) is 0 Å². The summed E-state index contributed by atoms with van der Waals surface area (Å²) in [6.45, 7) is 0.277. The monoisotopic (exact) mass is 366 g/mol. The summed E-state index contributed by atoms with van der Waals surface area (Å²) in [6.07, 6.45) is -0.306. The van der Waals surface area contributed by atoms with Crippen LogP contribution in [0.5, 0.6) is 5.75 Å². The quantitative estimate of drug-likeness (QED) is 0.766. The normalized spacial score (nSPS) is 10.1. The first-order chi connectivity index (χ1) is 11.5. The lowest BCUT2D eigenvalue weighted by molar-refractivity contribution is -0.126. The highest BCUT2D eigenvalue weighted by molar-refractivity contribution is 6.35. The van der Waals surface area contributed by atoms with Gasteiger partial charge in [0, 0.05) is 27.8 Å². The highest BCUT2D eigenvalue weighted by atomic mass is 35.5. The zero-order valence-corrected chi connectivity index (χ0v) is 14.4. The molecule has 2 rings (SSSR count). The van der Waals surface area contributed by atoms with Gasteiger partial charge in [-0.15, -0.1) is 0 Å². The highest BCUT2D eigenvalue weighted by Gasteiger charge is 2.11. The molecule has 0 bridgehead atoms. The number of carbonyl (C=O) groups excluding carboxylic acids is 2. The number of nitrogens with one attached hydrogen (secondary N) is 2. The molecule has 0 saturated carbocycles. The van der Waals surface area contributed by atoms with Crippen LogP contribution in [0.4, 0.5) is 5.69 Å². The number of para-hydroxylation sites is 1. The van der Waals surface area contributed by atoms with Gasteiger partial charge in [-0.3, -0.25) is 9.59 Å². The first-order valence-electron chi connectivity index (χ1n) is 7.12. The number of halogens is 2. The lowest BCUT2D eigenvalue weighted by atomic mass is 10.2. The number of ether oxygens (including phenoxy) is 1. The van der Waals surface area contributed by atoms with Gasteiger partial charge in [-0.1, -0.05) is 41.4 Å². The zero-order valence-electron chi connectivity index (χ0n) is 12.9. The van der Waals surface area contributed by atoms with Crippen LogP contribution in [-0.4, -0.2) is 18.9 Å². The molecule has 7 heteroatoms. The van der Waals surface area contributed by atoms with Crippen molar-refractivity contribution in [3.63, 3.8) is 0 Å². The van der Waals surface area contributed by atoms with Gasteiger partial charge in [-0.05, 0) is 24.3 Å². The average molecular weight is 367 g/mol. The molecule has 0 radical (unpaired) electrons. The second kappa shape index (κ2) is 8.57. The van der Waals surface area contributed by atoms with Crippen molar-refractivity contribution in [3.05, 3.63) is 58.1 Å². The molecule has 0 aliphatic carbocycles. The van der Waals surface area contributed by atoms with E-state index in [-0.39, 0.29) is 13.0 Å². The van der Waals surface area contributed by atoms with Crippen molar-refractivity contribution >= 4 is 40.7 Å². The number of hydrogen-bond donors (Lipinski definition) is 2. The molecular formula is C17H16Cl2N2O3. The fourth-order valence-electron chi connectivity index (χ4n) is 2.08. The third kappa shape index (κ3) is 5.44. The minimum absolute atomic E-state index is 0.277. The maximum Gasteiger partial charge on any atom is 0.233 e. The summed E-state index contributed by atoms with van der Waals surface area (Å²) >= 11 is 11.7. The summed E-state index contributed by atoms with van der Waals surface area (Å²) in [4.78, 5) is 23.8. The van der Waals surface area contributed by atoms with Gasteiger partial charge < -0.3 is 15.4 Å². The van der Waals surface area contributed by atoms with Crippen LogP contribution in [0.25, 0.3) is 0 Å². The van der Waals surface area contributed by atoms with Gasteiger partial charge in [0.25, 0.3) is 0 Å². The largest absolute Gasteiger partial charge is 0.496 e. The summed E-state index contributed by atoms with van der Waals surface area (Å²) in [5.74, 6) is -0.173. The van der Waals surface area contributed by atoms with Crippen LogP contribution in [0.3, 0.4) is 0 Å². The molecule has 0 aromatic heterocycles. The Balaban J connectivity index is 1.86. The smallest absolute Gasteiger partial charge is 0.233 e. The average Bonchev–Trinajstić information content (AvgIpc) is 2.52. The minimum Gasteiger partial charge on any atom is -0.496 e. The third-order valence-corrected chi connectivity index (χ3v) is 3.57. The van der Waals surface area contributed by atoms with Gasteiger partial charge in [0.15, 0.2) is 0 Å². The van der Waals surface area contributed by atoms with E-state index >= 15 is 0 Å². The van der Waals surface area contributed by atoms with Crippen LogP contribution < -0.4 is 15.4 Å². The van der Waals surface area contributed by atoms with Crippen LogP contribution >= 0.6 is 23.2 Å². The number of methoxy groups -OCH3 is 1. The van der Waals surface area contributed by atoms with Gasteiger partial charge in [-0.25, -0.2) is 0 Å². The number of carbonyl (C=O) groups is 2. The molecule has 0 aliphatic rings. The highest BCUT2D eigenvalue weighted by Crippen LogP contribution is 2.22. The Kier molecular flexibility index (Phi) is 6.46. The van der Waals surface area contributed by atoms with E-state index in [1.54, 1.807) is 31.4 Å². The number of anilines is 1. The maximum absolute atomic E-state index is 11.9. The van der Waals surface area contributed by atoms with Crippen LogP contribution in [0.15, 0.2) is 42.5 Å². The topological polar surface area (TPSA) is 67.4 Å². The van der Waals surface area contributed by atoms with E-state index in [4.69, 9.17) is 27.9 Å². The molecule has 2 amide bonds. The molecular weight excluding hydrogens is 351 g/mol. The van der Waals surface area contributed by atoms with E-state index in [0.29, 0.717) is 21.5 Å². The number of hydrogen-bond acceptors (Lipinski definition) is 3. The van der Waals surface area contributed by atoms with Crippen molar-refractivity contribution in [1.29, 1.82) is 0 Å². The van der Waals surface area contributed by atoms with Crippen molar-refractivity contribution in [2.75, 3.05) is 12.4 Å². The molecule has 0 unspecified atom stereocenters.